The quantitative estimate of drug-likeness (QED) is 0.659. The van der Waals surface area contributed by atoms with E-state index in [0.717, 1.165) is 12.3 Å². The highest BCUT2D eigenvalue weighted by Crippen LogP contribution is 2.30. The van der Waals surface area contributed by atoms with Crippen molar-refractivity contribution in [1.82, 2.24) is 29.0 Å². The fraction of sp³-hybridized carbons (Fsp3) is 0.353. The Bertz CT molecular complexity index is 1010. The average Bonchev–Trinajstić information content (AvgIpc) is 3.24. The van der Waals surface area contributed by atoms with Gasteiger partial charge in [-0.1, -0.05) is 0 Å². The standard InChI is InChI=1S/C16H17F3N6O.CH2O2/c1-4-24(9-13-20-5-6-23(13)3)15(26)11-8-21-25-12(16(17,18)19)7-10(2)22-14(11)25;2-1-3/h5-8H,4,9H2,1-3H3;1H,(H,2,3). The summed E-state index contributed by atoms with van der Waals surface area (Å²) in [5, 5.41) is 10.6. The Morgan fingerprint density at radius 2 is 2.03 bits per heavy atom. The molecule has 0 unspecified atom stereocenters. The minimum Gasteiger partial charge on any atom is -0.483 e. The summed E-state index contributed by atoms with van der Waals surface area (Å²) in [6.45, 7) is 3.57. The number of aryl methyl sites for hydroxylation is 2. The van der Waals surface area contributed by atoms with Gasteiger partial charge in [-0.2, -0.15) is 18.3 Å². The largest absolute Gasteiger partial charge is 0.483 e. The van der Waals surface area contributed by atoms with E-state index in [1.54, 1.807) is 30.9 Å². The van der Waals surface area contributed by atoms with Crippen LogP contribution in [0.3, 0.4) is 0 Å². The molecule has 0 radical (unpaired) electrons. The summed E-state index contributed by atoms with van der Waals surface area (Å²) in [5.41, 5.74) is -0.895. The van der Waals surface area contributed by atoms with Crippen molar-refractivity contribution in [2.45, 2.75) is 26.6 Å². The molecule has 3 rings (SSSR count). The van der Waals surface area contributed by atoms with Crippen molar-refractivity contribution in [3.8, 4) is 0 Å². The van der Waals surface area contributed by atoms with Crippen LogP contribution in [0.2, 0.25) is 0 Å². The van der Waals surface area contributed by atoms with Crippen LogP contribution in [-0.2, 0) is 24.6 Å². The summed E-state index contributed by atoms with van der Waals surface area (Å²) in [6.07, 6.45) is -0.108. The van der Waals surface area contributed by atoms with Gasteiger partial charge in [0.2, 0.25) is 0 Å². The highest BCUT2D eigenvalue weighted by atomic mass is 19.4. The maximum Gasteiger partial charge on any atom is 0.433 e. The monoisotopic (exact) mass is 412 g/mol. The van der Waals surface area contributed by atoms with E-state index in [9.17, 15) is 18.0 Å². The van der Waals surface area contributed by atoms with Gasteiger partial charge in [-0.05, 0) is 19.9 Å². The fourth-order valence-electron chi connectivity index (χ4n) is 2.65. The molecule has 0 aliphatic heterocycles. The van der Waals surface area contributed by atoms with Gasteiger partial charge >= 0.3 is 6.18 Å². The normalized spacial score (nSPS) is 11.1. The van der Waals surface area contributed by atoms with E-state index in [0.29, 0.717) is 16.9 Å². The molecule has 0 aliphatic carbocycles. The van der Waals surface area contributed by atoms with Crippen LogP contribution in [0, 0.1) is 6.92 Å². The van der Waals surface area contributed by atoms with E-state index < -0.39 is 17.8 Å². The van der Waals surface area contributed by atoms with Crippen molar-refractivity contribution >= 4 is 18.0 Å². The molecule has 1 N–H and O–H groups in total. The van der Waals surface area contributed by atoms with Crippen LogP contribution in [-0.4, -0.2) is 53.1 Å². The number of alkyl halides is 3. The molecule has 0 aromatic carbocycles. The lowest BCUT2D eigenvalue weighted by molar-refractivity contribution is -0.142. The molecule has 3 heterocycles. The molecule has 0 bridgehead atoms. The number of amides is 1. The Hall–Kier alpha value is -3.44. The number of fused-ring (bicyclic) bond motifs is 1. The molecule has 0 saturated carbocycles. The summed E-state index contributed by atoms with van der Waals surface area (Å²) in [5.74, 6) is 0.216. The first-order valence-corrected chi connectivity index (χ1v) is 8.39. The summed E-state index contributed by atoms with van der Waals surface area (Å²) in [6, 6.07) is 0.903. The number of hydrogen-bond acceptors (Lipinski definition) is 5. The van der Waals surface area contributed by atoms with Crippen LogP contribution >= 0.6 is 0 Å². The molecular formula is C17H19F3N6O3. The van der Waals surface area contributed by atoms with E-state index in [1.165, 1.54) is 11.8 Å². The van der Waals surface area contributed by atoms with E-state index in [4.69, 9.17) is 9.90 Å². The average molecular weight is 412 g/mol. The van der Waals surface area contributed by atoms with E-state index in [1.807, 2.05) is 0 Å². The molecule has 12 heteroatoms. The zero-order chi connectivity index (χ0) is 21.8. The molecule has 3 aromatic rings. The Kier molecular flexibility index (Phi) is 6.56. The number of hydrogen-bond donors (Lipinski definition) is 1. The highest BCUT2D eigenvalue weighted by Gasteiger charge is 2.35. The van der Waals surface area contributed by atoms with Crippen LogP contribution < -0.4 is 0 Å². The van der Waals surface area contributed by atoms with Gasteiger partial charge < -0.3 is 14.6 Å². The third-order valence-corrected chi connectivity index (χ3v) is 4.04. The van der Waals surface area contributed by atoms with Crippen molar-refractivity contribution in [1.29, 1.82) is 0 Å². The Morgan fingerprint density at radius 3 is 2.55 bits per heavy atom. The number of halogens is 3. The predicted octanol–water partition coefficient (Wildman–Crippen LogP) is 2.15. The molecule has 0 fully saturated rings. The second-order valence-electron chi connectivity index (χ2n) is 5.95. The topological polar surface area (TPSA) is 106 Å². The molecule has 1 amide bonds. The molecule has 3 aromatic heterocycles. The second kappa shape index (κ2) is 8.71. The van der Waals surface area contributed by atoms with Crippen LogP contribution in [0.25, 0.3) is 5.65 Å². The molecule has 9 nitrogen and oxygen atoms in total. The summed E-state index contributed by atoms with van der Waals surface area (Å²) in [4.78, 5) is 31.0. The zero-order valence-corrected chi connectivity index (χ0v) is 15.9. The van der Waals surface area contributed by atoms with Crippen molar-refractivity contribution in [2.75, 3.05) is 6.54 Å². The SMILES string of the molecule is CCN(Cc1nccn1C)C(=O)c1cnn2c(C(F)(F)F)cc(C)nc12.O=CO. The molecular weight excluding hydrogens is 393 g/mol. The molecule has 156 valence electrons. The van der Waals surface area contributed by atoms with E-state index in [2.05, 4.69) is 15.1 Å². The van der Waals surface area contributed by atoms with Gasteiger partial charge in [-0.3, -0.25) is 9.59 Å². The Labute approximate surface area is 163 Å². The Balaban J connectivity index is 0.000000941. The fourth-order valence-corrected chi connectivity index (χ4v) is 2.65. The number of carbonyl (C=O) groups excluding carboxylic acids is 1. The van der Waals surface area contributed by atoms with Gasteiger partial charge in [-0.15, -0.1) is 0 Å². The third-order valence-electron chi connectivity index (χ3n) is 4.04. The van der Waals surface area contributed by atoms with Gasteiger partial charge in [0, 0.05) is 31.7 Å². The van der Waals surface area contributed by atoms with E-state index >= 15 is 0 Å². The van der Waals surface area contributed by atoms with Crippen LogP contribution in [0.5, 0.6) is 0 Å². The molecule has 29 heavy (non-hydrogen) atoms. The molecule has 0 spiro atoms. The van der Waals surface area contributed by atoms with Crippen LogP contribution in [0.15, 0.2) is 24.7 Å². The Morgan fingerprint density at radius 1 is 1.38 bits per heavy atom. The number of aromatic nitrogens is 5. The first-order valence-electron chi connectivity index (χ1n) is 8.39. The van der Waals surface area contributed by atoms with E-state index in [-0.39, 0.29) is 29.9 Å². The van der Waals surface area contributed by atoms with Gasteiger partial charge in [-0.25, -0.2) is 14.5 Å². The minimum atomic E-state index is -4.60. The maximum absolute atomic E-state index is 13.2. The first kappa shape index (κ1) is 21.9. The number of carboxylic acid groups (broad SMARTS) is 1. The van der Waals surface area contributed by atoms with Crippen molar-refractivity contribution in [3.05, 3.63) is 47.4 Å². The second-order valence-corrected chi connectivity index (χ2v) is 5.95. The smallest absolute Gasteiger partial charge is 0.433 e. The third kappa shape index (κ3) is 4.70. The lowest BCUT2D eigenvalue weighted by Gasteiger charge is -2.20. The first-order chi connectivity index (χ1) is 13.6. The van der Waals surface area contributed by atoms with Gasteiger partial charge in [0.1, 0.15) is 17.1 Å². The molecule has 0 aliphatic rings. The minimum absolute atomic E-state index is 0.0234. The number of nitrogens with zero attached hydrogens (tertiary/aromatic N) is 6. The summed E-state index contributed by atoms with van der Waals surface area (Å²) in [7, 11) is 1.80. The number of carbonyl (C=O) groups is 2. The molecule has 0 saturated heterocycles. The van der Waals surface area contributed by atoms with Crippen LogP contribution in [0.1, 0.15) is 34.5 Å². The van der Waals surface area contributed by atoms with Gasteiger partial charge in [0.05, 0.1) is 12.7 Å². The molecule has 0 atom stereocenters. The van der Waals surface area contributed by atoms with Gasteiger partial charge in [0.25, 0.3) is 12.4 Å². The number of rotatable bonds is 4. The van der Waals surface area contributed by atoms with Gasteiger partial charge in [0.15, 0.2) is 5.65 Å². The predicted molar refractivity (Wildman–Crippen MR) is 95.0 cm³/mol. The maximum atomic E-state index is 13.2. The zero-order valence-electron chi connectivity index (χ0n) is 15.9. The van der Waals surface area contributed by atoms with Crippen molar-refractivity contribution < 1.29 is 27.9 Å². The lowest BCUT2D eigenvalue weighted by Crippen LogP contribution is -2.31. The van der Waals surface area contributed by atoms with Crippen molar-refractivity contribution in [2.24, 2.45) is 7.05 Å². The summed E-state index contributed by atoms with van der Waals surface area (Å²) < 4.78 is 42.1. The van der Waals surface area contributed by atoms with Crippen molar-refractivity contribution in [3.63, 3.8) is 0 Å². The highest BCUT2D eigenvalue weighted by molar-refractivity contribution is 5.99. The number of imidazole rings is 1. The van der Waals surface area contributed by atoms with Crippen LogP contribution in [0.4, 0.5) is 13.2 Å². The summed E-state index contributed by atoms with van der Waals surface area (Å²) >= 11 is 0. The lowest BCUT2D eigenvalue weighted by atomic mass is 10.2.